The second kappa shape index (κ2) is 5.57. The van der Waals surface area contributed by atoms with Crippen molar-refractivity contribution in [3.63, 3.8) is 0 Å². The molecule has 5 heteroatoms. The summed E-state index contributed by atoms with van der Waals surface area (Å²) < 4.78 is 2.31. The van der Waals surface area contributed by atoms with Crippen LogP contribution in [-0.4, -0.2) is 38.7 Å². The summed E-state index contributed by atoms with van der Waals surface area (Å²) in [5.74, 6) is 3.12. The van der Waals surface area contributed by atoms with Crippen molar-refractivity contribution in [3.05, 3.63) is 12.2 Å². The van der Waals surface area contributed by atoms with E-state index in [0.29, 0.717) is 17.7 Å². The predicted molar refractivity (Wildman–Crippen MR) is 90.3 cm³/mol. The van der Waals surface area contributed by atoms with Gasteiger partial charge in [-0.1, -0.05) is 19.3 Å². The minimum atomic E-state index is 0.261. The lowest BCUT2D eigenvalue weighted by molar-refractivity contribution is -0.132. The van der Waals surface area contributed by atoms with E-state index in [4.69, 9.17) is 0 Å². The number of likely N-dealkylation sites (tertiary alicyclic amines) is 1. The van der Waals surface area contributed by atoms with Crippen LogP contribution in [0.5, 0.6) is 0 Å². The van der Waals surface area contributed by atoms with Crippen LogP contribution in [-0.2, 0) is 11.3 Å². The molecular formula is C19H28N4O. The topological polar surface area (TPSA) is 51.0 Å². The second-order valence-corrected chi connectivity index (χ2v) is 8.75. The van der Waals surface area contributed by atoms with Gasteiger partial charge < -0.3 is 9.47 Å². The Morgan fingerprint density at radius 1 is 1.17 bits per heavy atom. The Balaban J connectivity index is 1.44. The van der Waals surface area contributed by atoms with E-state index >= 15 is 0 Å². The van der Waals surface area contributed by atoms with Gasteiger partial charge in [-0.15, -0.1) is 10.2 Å². The van der Waals surface area contributed by atoms with Crippen molar-refractivity contribution >= 4 is 5.91 Å². The Hall–Kier alpha value is -1.39. The standard InChI is InChI=1S/C19H28N4O/c24-18(15-6-7-15)22-11-16(19(12-22)8-2-1-3-9-19)17-21-20-13-23(17)10-14-4-5-14/h13-16H,1-12H2. The molecule has 0 N–H and O–H groups in total. The summed E-state index contributed by atoms with van der Waals surface area (Å²) in [4.78, 5) is 14.9. The fourth-order valence-electron chi connectivity index (χ4n) is 5.10. The molecule has 1 aromatic rings. The molecule has 0 bridgehead atoms. The van der Waals surface area contributed by atoms with Crippen LogP contribution in [0.4, 0.5) is 0 Å². The van der Waals surface area contributed by atoms with Gasteiger partial charge in [0.25, 0.3) is 0 Å². The number of carbonyl (C=O) groups excluding carboxylic acids is 1. The van der Waals surface area contributed by atoms with E-state index in [0.717, 1.165) is 44.2 Å². The van der Waals surface area contributed by atoms with Crippen molar-refractivity contribution < 1.29 is 4.79 Å². The summed E-state index contributed by atoms with van der Waals surface area (Å²) in [6.07, 6.45) is 13.3. The summed E-state index contributed by atoms with van der Waals surface area (Å²) in [5, 5.41) is 8.81. The maximum Gasteiger partial charge on any atom is 0.225 e. The molecule has 1 spiro atoms. The summed E-state index contributed by atoms with van der Waals surface area (Å²) in [6.45, 7) is 2.91. The van der Waals surface area contributed by atoms with Crippen LogP contribution < -0.4 is 0 Å². The monoisotopic (exact) mass is 328 g/mol. The molecule has 3 saturated carbocycles. The van der Waals surface area contributed by atoms with E-state index < -0.39 is 0 Å². The van der Waals surface area contributed by atoms with Crippen molar-refractivity contribution in [3.8, 4) is 0 Å². The van der Waals surface area contributed by atoms with Gasteiger partial charge in [0, 0.05) is 31.5 Å². The average Bonchev–Trinajstić information content (AvgIpc) is 3.50. The Kier molecular flexibility index (Phi) is 3.46. The van der Waals surface area contributed by atoms with Gasteiger partial charge >= 0.3 is 0 Å². The van der Waals surface area contributed by atoms with Crippen LogP contribution in [0.15, 0.2) is 6.33 Å². The molecule has 5 rings (SSSR count). The number of aromatic nitrogens is 3. The first-order valence-corrected chi connectivity index (χ1v) is 9.92. The van der Waals surface area contributed by atoms with Crippen molar-refractivity contribution in [2.45, 2.75) is 70.3 Å². The van der Waals surface area contributed by atoms with Gasteiger partial charge in [0.15, 0.2) is 0 Å². The first kappa shape index (κ1) is 14.9. The average molecular weight is 328 g/mol. The molecule has 2 heterocycles. The number of rotatable bonds is 4. The Morgan fingerprint density at radius 2 is 1.96 bits per heavy atom. The van der Waals surface area contributed by atoms with Crippen molar-refractivity contribution in [1.29, 1.82) is 0 Å². The molecule has 5 nitrogen and oxygen atoms in total. The molecule has 1 aliphatic heterocycles. The van der Waals surface area contributed by atoms with E-state index in [1.807, 2.05) is 6.33 Å². The molecule has 1 amide bonds. The Labute approximate surface area is 143 Å². The second-order valence-electron chi connectivity index (χ2n) is 8.75. The van der Waals surface area contributed by atoms with Gasteiger partial charge in [0.2, 0.25) is 5.91 Å². The number of nitrogens with zero attached hydrogens (tertiary/aromatic N) is 4. The van der Waals surface area contributed by atoms with Gasteiger partial charge in [-0.25, -0.2) is 0 Å². The minimum Gasteiger partial charge on any atom is -0.341 e. The zero-order valence-corrected chi connectivity index (χ0v) is 14.5. The fourth-order valence-corrected chi connectivity index (χ4v) is 5.10. The van der Waals surface area contributed by atoms with Crippen LogP contribution in [0.3, 0.4) is 0 Å². The van der Waals surface area contributed by atoms with Gasteiger partial charge in [-0.2, -0.15) is 0 Å². The highest BCUT2D eigenvalue weighted by Gasteiger charge is 2.52. The molecule has 130 valence electrons. The van der Waals surface area contributed by atoms with Gasteiger partial charge in [0.05, 0.1) is 0 Å². The first-order valence-electron chi connectivity index (χ1n) is 9.92. The number of hydrogen-bond donors (Lipinski definition) is 0. The molecule has 1 unspecified atom stereocenters. The fraction of sp³-hybridized carbons (Fsp3) is 0.842. The molecule has 1 atom stereocenters. The summed E-state index contributed by atoms with van der Waals surface area (Å²) in [6, 6.07) is 0. The lowest BCUT2D eigenvalue weighted by atomic mass is 9.67. The molecule has 0 radical (unpaired) electrons. The quantitative estimate of drug-likeness (QED) is 0.854. The highest BCUT2D eigenvalue weighted by atomic mass is 16.2. The van der Waals surface area contributed by atoms with Crippen molar-refractivity contribution in [1.82, 2.24) is 19.7 Å². The maximum absolute atomic E-state index is 12.7. The molecule has 1 aromatic heterocycles. The van der Waals surface area contributed by atoms with E-state index in [1.165, 1.54) is 44.9 Å². The zero-order valence-electron chi connectivity index (χ0n) is 14.5. The molecule has 24 heavy (non-hydrogen) atoms. The lowest BCUT2D eigenvalue weighted by Gasteiger charge is -2.37. The van der Waals surface area contributed by atoms with E-state index in [9.17, 15) is 4.79 Å². The summed E-state index contributed by atoms with van der Waals surface area (Å²) >= 11 is 0. The molecule has 4 aliphatic rings. The highest BCUT2D eigenvalue weighted by Crippen LogP contribution is 2.52. The van der Waals surface area contributed by atoms with Crippen LogP contribution >= 0.6 is 0 Å². The van der Waals surface area contributed by atoms with Crippen LogP contribution in [0.2, 0.25) is 0 Å². The van der Waals surface area contributed by atoms with E-state index in [1.54, 1.807) is 0 Å². The number of carbonyl (C=O) groups is 1. The minimum absolute atomic E-state index is 0.261. The van der Waals surface area contributed by atoms with Crippen LogP contribution in [0, 0.1) is 17.3 Å². The third kappa shape index (κ3) is 2.56. The highest BCUT2D eigenvalue weighted by molar-refractivity contribution is 5.81. The Bertz CT molecular complexity index is 625. The normalized spacial score (nSPS) is 29.3. The third-order valence-corrected chi connectivity index (χ3v) is 6.84. The number of amides is 1. The summed E-state index contributed by atoms with van der Waals surface area (Å²) in [5.41, 5.74) is 0.261. The van der Waals surface area contributed by atoms with Crippen molar-refractivity contribution in [2.75, 3.05) is 13.1 Å². The zero-order chi connectivity index (χ0) is 16.1. The lowest BCUT2D eigenvalue weighted by Crippen LogP contribution is -2.35. The summed E-state index contributed by atoms with van der Waals surface area (Å²) in [7, 11) is 0. The van der Waals surface area contributed by atoms with Crippen LogP contribution in [0.1, 0.15) is 69.5 Å². The smallest absolute Gasteiger partial charge is 0.225 e. The molecular weight excluding hydrogens is 300 g/mol. The van der Waals surface area contributed by atoms with Gasteiger partial charge in [-0.05, 0) is 49.9 Å². The van der Waals surface area contributed by atoms with Gasteiger partial charge in [-0.3, -0.25) is 4.79 Å². The van der Waals surface area contributed by atoms with Gasteiger partial charge in [0.1, 0.15) is 12.2 Å². The van der Waals surface area contributed by atoms with Crippen LogP contribution in [0.25, 0.3) is 0 Å². The molecule has 0 aromatic carbocycles. The van der Waals surface area contributed by atoms with E-state index in [2.05, 4.69) is 19.7 Å². The maximum atomic E-state index is 12.7. The first-order chi connectivity index (χ1) is 11.8. The molecule has 1 saturated heterocycles. The largest absolute Gasteiger partial charge is 0.341 e. The molecule has 3 aliphatic carbocycles. The SMILES string of the molecule is O=C(C1CC1)N1CC(c2nncn2CC2CC2)C2(CCCCC2)C1. The van der Waals surface area contributed by atoms with E-state index in [-0.39, 0.29) is 5.41 Å². The molecule has 4 fully saturated rings. The number of hydrogen-bond acceptors (Lipinski definition) is 3. The third-order valence-electron chi connectivity index (χ3n) is 6.84. The van der Waals surface area contributed by atoms with Crippen molar-refractivity contribution in [2.24, 2.45) is 17.3 Å². The predicted octanol–water partition coefficient (Wildman–Crippen LogP) is 2.97. The Morgan fingerprint density at radius 3 is 2.67 bits per heavy atom.